The number of hydrogen-bond acceptors (Lipinski definition) is 7. The number of fused-ring (bicyclic) bond motifs is 2. The van der Waals surface area contributed by atoms with Crippen LogP contribution >= 0.6 is 12.4 Å². The molecule has 20 heteroatoms. The first-order chi connectivity index (χ1) is 28.8. The van der Waals surface area contributed by atoms with Gasteiger partial charge in [-0.1, -0.05) is 12.1 Å². The van der Waals surface area contributed by atoms with Gasteiger partial charge in [-0.2, -0.15) is 0 Å². The molecule has 0 atom stereocenters. The van der Waals surface area contributed by atoms with E-state index in [-0.39, 0.29) is 83.0 Å². The zero-order valence-corrected chi connectivity index (χ0v) is 34.2. The van der Waals surface area contributed by atoms with Crippen LogP contribution < -0.4 is 20.9 Å². The number of nitrogen functional groups attached to an aromatic ring is 1. The van der Waals surface area contributed by atoms with Crippen LogP contribution in [0.15, 0.2) is 61.2 Å². The van der Waals surface area contributed by atoms with Crippen molar-refractivity contribution in [3.05, 3.63) is 107 Å². The quantitative estimate of drug-likeness (QED) is 0.0994. The Morgan fingerprint density at radius 2 is 1.11 bits per heavy atom. The summed E-state index contributed by atoms with van der Waals surface area (Å²) in [6, 6.07) is 7.78. The Balaban J connectivity index is 0.000000193. The highest BCUT2D eigenvalue weighted by molar-refractivity contribution is 6.02. The highest BCUT2D eigenvalue weighted by Crippen LogP contribution is 2.33. The van der Waals surface area contributed by atoms with Crippen molar-refractivity contribution in [1.82, 2.24) is 19.9 Å². The fourth-order valence-corrected chi connectivity index (χ4v) is 7.11. The number of nitrogens with one attached hydrogen (secondary N) is 3. The number of pyridine rings is 2. The molecule has 2 fully saturated rings. The summed E-state index contributed by atoms with van der Waals surface area (Å²) in [5.74, 6) is -8.86. The number of aliphatic carboxylic acids is 1. The van der Waals surface area contributed by atoms with E-state index >= 15 is 0 Å². The van der Waals surface area contributed by atoms with Gasteiger partial charge >= 0.3 is 5.97 Å². The predicted octanol–water partition coefficient (Wildman–Crippen LogP) is 9.27. The Hall–Kier alpha value is -6.11. The minimum absolute atomic E-state index is 0. The highest BCUT2D eigenvalue weighted by atomic mass is 35.5. The number of carboxylic acid groups (broad SMARTS) is 1. The van der Waals surface area contributed by atoms with Crippen molar-refractivity contribution in [3.8, 4) is 0 Å². The van der Waals surface area contributed by atoms with E-state index in [1.54, 1.807) is 18.3 Å². The second-order valence-corrected chi connectivity index (χ2v) is 15.0. The monoisotopic (exact) mass is 894 g/mol. The lowest BCUT2D eigenvalue weighted by atomic mass is 10.1. The minimum Gasteiger partial charge on any atom is -0.481 e. The third-order valence-corrected chi connectivity index (χ3v) is 10.3. The normalized spacial score (nSPS) is 15.5. The van der Waals surface area contributed by atoms with E-state index < -0.39 is 41.1 Å². The molecule has 11 nitrogen and oxygen atoms in total. The molecule has 2 aliphatic heterocycles. The van der Waals surface area contributed by atoms with Crippen LogP contribution in [0.2, 0.25) is 0 Å². The zero-order chi connectivity index (χ0) is 44.2. The molecule has 1 amide bonds. The van der Waals surface area contributed by atoms with Crippen LogP contribution in [0, 0.1) is 37.1 Å². The number of aromatic nitrogens is 4. The Bertz CT molecular complexity index is 2550. The largest absolute Gasteiger partial charge is 0.481 e. The number of amides is 1. The molecular formula is C42H43ClF8N8O3. The Morgan fingerprint density at radius 3 is 1.58 bits per heavy atom. The van der Waals surface area contributed by atoms with Crippen LogP contribution in [-0.2, 0) is 22.4 Å². The summed E-state index contributed by atoms with van der Waals surface area (Å²) in [4.78, 5) is 40.8. The molecule has 332 valence electrons. The highest BCUT2D eigenvalue weighted by Gasteiger charge is 2.36. The Kier molecular flexibility index (Phi) is 14.6. The third-order valence-electron chi connectivity index (χ3n) is 10.3. The van der Waals surface area contributed by atoms with E-state index in [4.69, 9.17) is 10.8 Å². The van der Waals surface area contributed by atoms with E-state index in [2.05, 4.69) is 25.3 Å². The molecule has 0 radical (unpaired) electrons. The molecule has 6 heterocycles. The first kappa shape index (κ1) is 46.9. The number of carboxylic acids is 1. The number of rotatable bonds is 7. The van der Waals surface area contributed by atoms with E-state index in [0.717, 1.165) is 35.4 Å². The van der Waals surface area contributed by atoms with Crippen molar-refractivity contribution in [2.75, 3.05) is 47.0 Å². The lowest BCUT2D eigenvalue weighted by molar-refractivity contribution is -0.136. The topological polar surface area (TPSA) is 156 Å². The van der Waals surface area contributed by atoms with E-state index in [1.807, 2.05) is 23.6 Å². The van der Waals surface area contributed by atoms with Crippen LogP contribution in [-0.4, -0.2) is 74.9 Å². The van der Waals surface area contributed by atoms with E-state index in [0.29, 0.717) is 55.9 Å². The summed E-state index contributed by atoms with van der Waals surface area (Å²) >= 11 is 0. The van der Waals surface area contributed by atoms with Crippen molar-refractivity contribution in [2.24, 2.45) is 0 Å². The van der Waals surface area contributed by atoms with Gasteiger partial charge in [0.05, 0.1) is 35.2 Å². The van der Waals surface area contributed by atoms with Gasteiger partial charge in [-0.05, 0) is 48.2 Å². The number of aromatic amines is 2. The summed E-state index contributed by atoms with van der Waals surface area (Å²) in [5, 5.41) is 12.3. The first-order valence-electron chi connectivity index (χ1n) is 19.1. The average molecular weight is 895 g/mol. The number of benzene rings is 2. The molecule has 2 aliphatic rings. The average Bonchev–Trinajstić information content (AvgIpc) is 3.73. The van der Waals surface area contributed by atoms with Crippen molar-refractivity contribution in [3.63, 3.8) is 0 Å². The summed E-state index contributed by atoms with van der Waals surface area (Å²) < 4.78 is 105. The van der Waals surface area contributed by atoms with Crippen LogP contribution in [0.3, 0.4) is 0 Å². The van der Waals surface area contributed by atoms with Gasteiger partial charge in [0.1, 0.15) is 11.6 Å². The molecule has 0 spiro atoms. The molecule has 0 bridgehead atoms. The Morgan fingerprint density at radius 1 is 0.694 bits per heavy atom. The number of carbonyl (C=O) groups is 2. The number of alkyl halides is 4. The number of nitrogens with two attached hydrogens (primary N) is 1. The molecule has 62 heavy (non-hydrogen) atoms. The van der Waals surface area contributed by atoms with Crippen molar-refractivity contribution < 1.29 is 49.8 Å². The number of piperidine rings is 2. The fraction of sp³-hybridized carbons (Fsp3) is 0.333. The summed E-state index contributed by atoms with van der Waals surface area (Å²) in [5.41, 5.74) is 10.0. The number of halogens is 9. The number of carbonyl (C=O) groups excluding carboxylic acids is 1. The van der Waals surface area contributed by atoms with Gasteiger partial charge in [-0.25, -0.2) is 45.1 Å². The first-order valence-corrected chi connectivity index (χ1v) is 19.1. The van der Waals surface area contributed by atoms with Crippen molar-refractivity contribution in [1.29, 1.82) is 0 Å². The maximum Gasteiger partial charge on any atom is 0.307 e. The molecule has 6 N–H and O–H groups in total. The van der Waals surface area contributed by atoms with Crippen LogP contribution in [0.1, 0.15) is 47.9 Å². The molecule has 0 unspecified atom stereocenters. The van der Waals surface area contributed by atoms with Gasteiger partial charge in [0.25, 0.3) is 11.8 Å². The van der Waals surface area contributed by atoms with Crippen LogP contribution in [0.25, 0.3) is 21.8 Å². The number of anilines is 4. The van der Waals surface area contributed by atoms with Gasteiger partial charge in [-0.15, -0.1) is 12.4 Å². The maximum absolute atomic E-state index is 13.5. The van der Waals surface area contributed by atoms with Crippen molar-refractivity contribution >= 4 is 69.1 Å². The van der Waals surface area contributed by atoms with Crippen molar-refractivity contribution in [2.45, 2.75) is 64.2 Å². The molecular weight excluding hydrogens is 852 g/mol. The molecule has 0 saturated carbocycles. The lowest BCUT2D eigenvalue weighted by Gasteiger charge is -2.33. The molecule has 2 aromatic carbocycles. The van der Waals surface area contributed by atoms with E-state index in [9.17, 15) is 44.7 Å². The Labute approximate surface area is 356 Å². The molecule has 8 rings (SSSR count). The molecule has 6 aromatic rings. The van der Waals surface area contributed by atoms with E-state index in [1.165, 1.54) is 18.6 Å². The lowest BCUT2D eigenvalue weighted by Crippen LogP contribution is -2.40. The minimum atomic E-state index is -2.63. The zero-order valence-electron chi connectivity index (χ0n) is 33.4. The molecule has 2 saturated heterocycles. The van der Waals surface area contributed by atoms with Gasteiger partial charge in [0.15, 0.2) is 23.3 Å². The number of nitrogens with zero attached hydrogens (tertiary/aromatic N) is 4. The maximum atomic E-state index is 13.5. The van der Waals surface area contributed by atoms with Gasteiger partial charge in [-0.3, -0.25) is 9.59 Å². The van der Waals surface area contributed by atoms with Gasteiger partial charge in [0, 0.05) is 99.6 Å². The third kappa shape index (κ3) is 11.6. The molecule has 0 aliphatic carbocycles. The van der Waals surface area contributed by atoms with Crippen LogP contribution in [0.4, 0.5) is 58.1 Å². The van der Waals surface area contributed by atoms with Gasteiger partial charge in [0.2, 0.25) is 5.91 Å². The SMILES string of the molecule is Cc1cc(CC(=O)Nc2c[nH]c3cc(F)c(F)cc23)cnc1N1CCC(F)(F)CC1.Cc1cc(CC(=O)O)cnc1N1CCC(F)(F)CC1.Cl.Nc1c[nH]c2cc(F)c(F)cc12. The smallest absolute Gasteiger partial charge is 0.307 e. The summed E-state index contributed by atoms with van der Waals surface area (Å²) in [6.45, 7) is 4.67. The van der Waals surface area contributed by atoms with Gasteiger partial charge < -0.3 is 35.9 Å². The predicted molar refractivity (Wildman–Crippen MR) is 222 cm³/mol. The number of hydrogen-bond donors (Lipinski definition) is 5. The summed E-state index contributed by atoms with van der Waals surface area (Å²) in [6.07, 6.45) is 5.26. The number of H-pyrrole nitrogens is 2. The fourth-order valence-electron chi connectivity index (χ4n) is 7.11. The second kappa shape index (κ2) is 19.3. The van der Waals surface area contributed by atoms with Crippen LogP contribution in [0.5, 0.6) is 0 Å². The molecule has 4 aromatic heterocycles. The second-order valence-electron chi connectivity index (χ2n) is 15.0. The summed E-state index contributed by atoms with van der Waals surface area (Å²) in [7, 11) is 0. The standard InChI is InChI=1S/C21H20F4N4O.C13H16F2N2O2.C8H6F2N2.ClH/c1-12-6-13(10-27-20(12)29-4-2-21(24,25)3-5-29)7-19(30)28-18-11-26-17-9-16(23)15(22)8-14(17)18;1-9-6-10(7-11(18)19)8-16-12(9)17-4-2-13(14,15)3-5-17;9-5-1-4-7(11)3-12-8(4)2-6(5)10;/h6,8-11,26H,2-5,7H2,1H3,(H,28,30);6,8H,2-5,7H2,1H3,(H,18,19);1-3,12H,11H2;1H. The number of aryl methyl sites for hydroxylation is 2.